The van der Waals surface area contributed by atoms with Crippen molar-refractivity contribution < 1.29 is 9.15 Å². The average molecular weight is 353 g/mol. The maximum atomic E-state index is 12.1. The normalized spacial score (nSPS) is 11.2. The minimum absolute atomic E-state index is 0.376. The molecule has 0 bridgehead atoms. The molecule has 0 spiro atoms. The SMILES string of the molecule is Cc1ccc(C(C)C)c(OCCCn2c(=O)oc(=O)c3ccccc32)c1. The van der Waals surface area contributed by atoms with Gasteiger partial charge in [-0.15, -0.1) is 0 Å². The van der Waals surface area contributed by atoms with Crippen LogP contribution in [0.25, 0.3) is 10.9 Å². The molecule has 0 fully saturated rings. The summed E-state index contributed by atoms with van der Waals surface area (Å²) >= 11 is 0. The number of aromatic nitrogens is 1. The molecule has 1 aromatic heterocycles. The molecule has 0 aliphatic carbocycles. The molecule has 26 heavy (non-hydrogen) atoms. The number of rotatable bonds is 6. The van der Waals surface area contributed by atoms with Gasteiger partial charge >= 0.3 is 11.4 Å². The zero-order valence-electron chi connectivity index (χ0n) is 15.3. The van der Waals surface area contributed by atoms with Gasteiger partial charge in [-0.05, 0) is 48.6 Å². The van der Waals surface area contributed by atoms with Gasteiger partial charge < -0.3 is 9.15 Å². The number of aryl methyl sites for hydroxylation is 2. The highest BCUT2D eigenvalue weighted by molar-refractivity contribution is 5.77. The fourth-order valence-corrected chi connectivity index (χ4v) is 3.03. The molecule has 5 nitrogen and oxygen atoms in total. The van der Waals surface area contributed by atoms with Gasteiger partial charge in [-0.2, -0.15) is 0 Å². The Kier molecular flexibility index (Phi) is 5.26. The molecule has 5 heteroatoms. The van der Waals surface area contributed by atoms with Crippen molar-refractivity contribution in [3.05, 3.63) is 74.6 Å². The Morgan fingerprint density at radius 1 is 1.12 bits per heavy atom. The van der Waals surface area contributed by atoms with Crippen LogP contribution in [0.3, 0.4) is 0 Å². The van der Waals surface area contributed by atoms with E-state index in [0.29, 0.717) is 36.4 Å². The first-order valence-electron chi connectivity index (χ1n) is 8.83. The van der Waals surface area contributed by atoms with Crippen LogP contribution in [0.2, 0.25) is 0 Å². The highest BCUT2D eigenvalue weighted by atomic mass is 16.5. The zero-order chi connectivity index (χ0) is 18.7. The summed E-state index contributed by atoms with van der Waals surface area (Å²) < 4.78 is 12.3. The number of benzene rings is 2. The number of ether oxygens (including phenoxy) is 1. The van der Waals surface area contributed by atoms with Crippen molar-refractivity contribution in [2.75, 3.05) is 6.61 Å². The molecule has 0 radical (unpaired) electrons. The topological polar surface area (TPSA) is 61.4 Å². The lowest BCUT2D eigenvalue weighted by Crippen LogP contribution is -2.25. The maximum Gasteiger partial charge on any atom is 0.422 e. The second-order valence-electron chi connectivity index (χ2n) is 6.72. The zero-order valence-corrected chi connectivity index (χ0v) is 15.3. The van der Waals surface area contributed by atoms with Gasteiger partial charge in [0.05, 0.1) is 17.5 Å². The van der Waals surface area contributed by atoms with Crippen molar-refractivity contribution in [3.63, 3.8) is 0 Å². The maximum absolute atomic E-state index is 12.1. The van der Waals surface area contributed by atoms with E-state index in [1.807, 2.05) is 13.0 Å². The van der Waals surface area contributed by atoms with Gasteiger partial charge in [0.2, 0.25) is 0 Å². The first-order chi connectivity index (χ1) is 12.5. The van der Waals surface area contributed by atoms with Crippen molar-refractivity contribution in [2.45, 2.75) is 39.7 Å². The monoisotopic (exact) mass is 353 g/mol. The van der Waals surface area contributed by atoms with Crippen LogP contribution in [-0.2, 0) is 6.54 Å². The summed E-state index contributed by atoms with van der Waals surface area (Å²) in [5.41, 5.74) is 2.31. The summed E-state index contributed by atoms with van der Waals surface area (Å²) in [4.78, 5) is 23.9. The predicted molar refractivity (Wildman–Crippen MR) is 102 cm³/mol. The molecule has 3 aromatic rings. The van der Waals surface area contributed by atoms with Gasteiger partial charge in [-0.1, -0.05) is 38.1 Å². The highest BCUT2D eigenvalue weighted by Gasteiger charge is 2.10. The average Bonchev–Trinajstić information content (AvgIpc) is 2.60. The molecule has 2 aromatic carbocycles. The third-order valence-electron chi connectivity index (χ3n) is 4.39. The summed E-state index contributed by atoms with van der Waals surface area (Å²) in [6.45, 7) is 7.20. The van der Waals surface area contributed by atoms with Gasteiger partial charge in [0.25, 0.3) is 0 Å². The molecule has 0 amide bonds. The summed E-state index contributed by atoms with van der Waals surface area (Å²) in [7, 11) is 0. The van der Waals surface area contributed by atoms with Gasteiger partial charge in [-0.3, -0.25) is 4.57 Å². The smallest absolute Gasteiger partial charge is 0.422 e. The van der Waals surface area contributed by atoms with E-state index in [4.69, 9.17) is 9.15 Å². The summed E-state index contributed by atoms with van der Waals surface area (Å²) in [6.07, 6.45) is 0.628. The van der Waals surface area contributed by atoms with E-state index in [0.717, 1.165) is 11.3 Å². The Morgan fingerprint density at radius 3 is 2.65 bits per heavy atom. The first-order valence-corrected chi connectivity index (χ1v) is 8.83. The molecule has 0 unspecified atom stereocenters. The lowest BCUT2D eigenvalue weighted by molar-refractivity contribution is 0.293. The van der Waals surface area contributed by atoms with E-state index >= 15 is 0 Å². The molecule has 136 valence electrons. The van der Waals surface area contributed by atoms with Crippen molar-refractivity contribution in [1.82, 2.24) is 4.57 Å². The van der Waals surface area contributed by atoms with Crippen LogP contribution in [0, 0.1) is 6.92 Å². The molecular formula is C21H23NO4. The van der Waals surface area contributed by atoms with E-state index in [2.05, 4.69) is 26.0 Å². The van der Waals surface area contributed by atoms with Crippen molar-refractivity contribution in [3.8, 4) is 5.75 Å². The Hall–Kier alpha value is -2.82. The molecular weight excluding hydrogens is 330 g/mol. The Morgan fingerprint density at radius 2 is 1.88 bits per heavy atom. The lowest BCUT2D eigenvalue weighted by atomic mass is 10.0. The van der Waals surface area contributed by atoms with Gasteiger partial charge in [0.15, 0.2) is 0 Å². The lowest BCUT2D eigenvalue weighted by Gasteiger charge is -2.15. The summed E-state index contributed by atoms with van der Waals surface area (Å²) in [5.74, 6) is 0.629. The van der Waals surface area contributed by atoms with Crippen LogP contribution in [0.15, 0.2) is 56.5 Å². The van der Waals surface area contributed by atoms with E-state index in [1.165, 1.54) is 10.1 Å². The number of hydrogen-bond donors (Lipinski definition) is 0. The highest BCUT2D eigenvalue weighted by Crippen LogP contribution is 2.27. The van der Waals surface area contributed by atoms with Crippen LogP contribution >= 0.6 is 0 Å². The van der Waals surface area contributed by atoms with E-state index in [-0.39, 0.29) is 0 Å². The second kappa shape index (κ2) is 7.60. The van der Waals surface area contributed by atoms with Crippen molar-refractivity contribution in [1.29, 1.82) is 0 Å². The molecule has 0 atom stereocenters. The fraction of sp³-hybridized carbons (Fsp3) is 0.333. The third kappa shape index (κ3) is 3.72. The molecule has 0 saturated heterocycles. The van der Waals surface area contributed by atoms with E-state index < -0.39 is 11.4 Å². The molecule has 0 N–H and O–H groups in total. The molecule has 0 saturated carbocycles. The quantitative estimate of drug-likeness (QED) is 0.632. The van der Waals surface area contributed by atoms with Gasteiger partial charge in [-0.25, -0.2) is 9.59 Å². The number of para-hydroxylation sites is 1. The van der Waals surface area contributed by atoms with Gasteiger partial charge in [0, 0.05) is 6.54 Å². The first kappa shape index (κ1) is 18.0. The minimum atomic E-state index is -0.632. The molecule has 0 aliphatic heterocycles. The van der Waals surface area contributed by atoms with Gasteiger partial charge in [0.1, 0.15) is 5.75 Å². The van der Waals surface area contributed by atoms with Crippen LogP contribution in [0.1, 0.15) is 37.3 Å². The van der Waals surface area contributed by atoms with Crippen molar-refractivity contribution >= 4 is 10.9 Å². The predicted octanol–water partition coefficient (Wildman–Crippen LogP) is 3.86. The van der Waals surface area contributed by atoms with Crippen LogP contribution < -0.4 is 16.1 Å². The Balaban J connectivity index is 1.74. The fourth-order valence-electron chi connectivity index (χ4n) is 3.03. The molecule has 1 heterocycles. The summed E-state index contributed by atoms with van der Waals surface area (Å²) in [5, 5.41) is 0.411. The number of nitrogens with zero attached hydrogens (tertiary/aromatic N) is 1. The Bertz CT molecular complexity index is 1030. The number of hydrogen-bond acceptors (Lipinski definition) is 4. The molecule has 3 rings (SSSR count). The van der Waals surface area contributed by atoms with E-state index in [9.17, 15) is 9.59 Å². The van der Waals surface area contributed by atoms with Crippen LogP contribution in [0.5, 0.6) is 5.75 Å². The van der Waals surface area contributed by atoms with Crippen molar-refractivity contribution in [2.24, 2.45) is 0 Å². The standard InChI is InChI=1S/C21H23NO4/c1-14(2)16-10-9-15(3)13-19(16)25-12-6-11-22-18-8-5-4-7-17(18)20(23)26-21(22)24/h4-5,7-10,13-14H,6,11-12H2,1-3H3. The van der Waals surface area contributed by atoms with E-state index in [1.54, 1.807) is 24.3 Å². The Labute approximate surface area is 151 Å². The largest absolute Gasteiger partial charge is 0.493 e. The number of fused-ring (bicyclic) bond motifs is 1. The minimum Gasteiger partial charge on any atom is -0.493 e. The third-order valence-corrected chi connectivity index (χ3v) is 4.39. The summed E-state index contributed by atoms with van der Waals surface area (Å²) in [6, 6.07) is 13.2. The van der Waals surface area contributed by atoms with Crippen LogP contribution in [-0.4, -0.2) is 11.2 Å². The van der Waals surface area contributed by atoms with Crippen LogP contribution in [0.4, 0.5) is 0 Å². The molecule has 0 aliphatic rings. The second-order valence-corrected chi connectivity index (χ2v) is 6.72.